The second kappa shape index (κ2) is 8.36. The first-order chi connectivity index (χ1) is 13.5. The van der Waals surface area contributed by atoms with Crippen LogP contribution in [0.1, 0.15) is 11.3 Å². The molecule has 0 unspecified atom stereocenters. The van der Waals surface area contributed by atoms with E-state index in [-0.39, 0.29) is 11.9 Å². The van der Waals surface area contributed by atoms with Crippen molar-refractivity contribution in [3.63, 3.8) is 0 Å². The SMILES string of the molecule is NC(N)=N/N=C/c1ccc(-c2ccc(-c3ccc(/C=N/N=C(N)N)o3)o2)cc1. The molecule has 10 heteroatoms. The zero-order chi connectivity index (χ0) is 19.9. The molecule has 0 atom stereocenters. The van der Waals surface area contributed by atoms with E-state index in [4.69, 9.17) is 31.8 Å². The lowest BCUT2D eigenvalue weighted by Crippen LogP contribution is -2.21. The van der Waals surface area contributed by atoms with Crippen LogP contribution in [0.25, 0.3) is 22.8 Å². The fraction of sp³-hybridized carbons (Fsp3) is 0. The molecule has 3 rings (SSSR count). The Kier molecular flexibility index (Phi) is 5.51. The van der Waals surface area contributed by atoms with E-state index in [9.17, 15) is 0 Å². The largest absolute Gasteiger partial charge is 0.453 e. The van der Waals surface area contributed by atoms with Gasteiger partial charge in [-0.15, -0.1) is 10.2 Å². The van der Waals surface area contributed by atoms with E-state index in [0.29, 0.717) is 23.0 Å². The van der Waals surface area contributed by atoms with Gasteiger partial charge in [-0.1, -0.05) is 24.3 Å². The van der Waals surface area contributed by atoms with Crippen molar-refractivity contribution in [2.45, 2.75) is 0 Å². The molecule has 8 N–H and O–H groups in total. The van der Waals surface area contributed by atoms with Crippen LogP contribution in [-0.2, 0) is 0 Å². The van der Waals surface area contributed by atoms with Gasteiger partial charge in [-0.05, 0) is 29.8 Å². The summed E-state index contributed by atoms with van der Waals surface area (Å²) in [5.41, 5.74) is 22.6. The maximum atomic E-state index is 5.87. The predicted molar refractivity (Wildman–Crippen MR) is 109 cm³/mol. The van der Waals surface area contributed by atoms with Crippen molar-refractivity contribution in [3.05, 3.63) is 59.9 Å². The predicted octanol–water partition coefficient (Wildman–Crippen LogP) is 1.42. The smallest absolute Gasteiger partial charge is 0.211 e. The monoisotopic (exact) mass is 378 g/mol. The quantitative estimate of drug-likeness (QED) is 0.286. The normalized spacial score (nSPS) is 11.1. The molecule has 0 aliphatic heterocycles. The van der Waals surface area contributed by atoms with Crippen molar-refractivity contribution in [2.24, 2.45) is 43.3 Å². The molecule has 0 fully saturated rings. The lowest BCUT2D eigenvalue weighted by molar-refractivity contribution is 0.527. The van der Waals surface area contributed by atoms with E-state index in [2.05, 4.69) is 20.4 Å². The third-order valence-electron chi connectivity index (χ3n) is 3.41. The number of benzene rings is 1. The van der Waals surface area contributed by atoms with Crippen LogP contribution in [0.2, 0.25) is 0 Å². The molecular formula is C18H18N8O2. The molecule has 3 aromatic rings. The third kappa shape index (κ3) is 4.85. The molecule has 0 amide bonds. The zero-order valence-corrected chi connectivity index (χ0v) is 14.7. The van der Waals surface area contributed by atoms with Crippen LogP contribution in [0.4, 0.5) is 0 Å². The lowest BCUT2D eigenvalue weighted by Gasteiger charge is -1.98. The van der Waals surface area contributed by atoms with Gasteiger partial charge in [-0.3, -0.25) is 0 Å². The number of rotatable bonds is 6. The Balaban J connectivity index is 1.73. The van der Waals surface area contributed by atoms with Gasteiger partial charge in [0, 0.05) is 5.56 Å². The second-order valence-electron chi connectivity index (χ2n) is 5.53. The molecule has 0 bridgehead atoms. The Morgan fingerprint density at radius 1 is 0.643 bits per heavy atom. The summed E-state index contributed by atoms with van der Waals surface area (Å²) in [4.78, 5) is 0. The van der Waals surface area contributed by atoms with Gasteiger partial charge in [0.25, 0.3) is 0 Å². The second-order valence-corrected chi connectivity index (χ2v) is 5.53. The number of hydrogen-bond donors (Lipinski definition) is 4. The molecule has 0 saturated heterocycles. The van der Waals surface area contributed by atoms with E-state index >= 15 is 0 Å². The molecule has 0 radical (unpaired) electrons. The van der Waals surface area contributed by atoms with Gasteiger partial charge in [-0.2, -0.15) is 10.2 Å². The van der Waals surface area contributed by atoms with Crippen LogP contribution in [-0.4, -0.2) is 24.3 Å². The Bertz CT molecular complexity index is 1050. The molecule has 28 heavy (non-hydrogen) atoms. The number of nitrogens with zero attached hydrogens (tertiary/aromatic N) is 4. The third-order valence-corrected chi connectivity index (χ3v) is 3.41. The topological polar surface area (TPSA) is 180 Å². The minimum absolute atomic E-state index is 0.0976. The van der Waals surface area contributed by atoms with Crippen LogP contribution in [0.3, 0.4) is 0 Å². The average Bonchev–Trinajstić information content (AvgIpc) is 3.31. The first kappa shape index (κ1) is 18.5. The summed E-state index contributed by atoms with van der Waals surface area (Å²) in [6, 6.07) is 14.7. The molecule has 10 nitrogen and oxygen atoms in total. The van der Waals surface area contributed by atoms with Crippen molar-refractivity contribution >= 4 is 24.3 Å². The van der Waals surface area contributed by atoms with E-state index in [1.54, 1.807) is 18.3 Å². The highest BCUT2D eigenvalue weighted by Gasteiger charge is 2.10. The summed E-state index contributed by atoms with van der Waals surface area (Å²) >= 11 is 0. The summed E-state index contributed by atoms with van der Waals surface area (Å²) in [6.45, 7) is 0. The highest BCUT2D eigenvalue weighted by Crippen LogP contribution is 2.29. The van der Waals surface area contributed by atoms with Gasteiger partial charge >= 0.3 is 0 Å². The van der Waals surface area contributed by atoms with Crippen molar-refractivity contribution in [1.82, 2.24) is 0 Å². The molecule has 1 aromatic carbocycles. The highest BCUT2D eigenvalue weighted by molar-refractivity contribution is 5.82. The number of hydrogen-bond acceptors (Lipinski definition) is 6. The van der Waals surface area contributed by atoms with Crippen molar-refractivity contribution < 1.29 is 8.83 Å². The van der Waals surface area contributed by atoms with Gasteiger partial charge < -0.3 is 31.8 Å². The number of furan rings is 2. The summed E-state index contributed by atoms with van der Waals surface area (Å²) < 4.78 is 11.5. The average molecular weight is 378 g/mol. The molecule has 0 saturated carbocycles. The van der Waals surface area contributed by atoms with E-state index in [1.807, 2.05) is 36.4 Å². The molecule has 0 aliphatic rings. The van der Waals surface area contributed by atoms with E-state index < -0.39 is 0 Å². The Labute approximate surface area is 159 Å². The fourth-order valence-corrected chi connectivity index (χ4v) is 2.23. The Hall–Kier alpha value is -4.34. The molecule has 2 heterocycles. The molecule has 142 valence electrons. The zero-order valence-electron chi connectivity index (χ0n) is 14.7. The van der Waals surface area contributed by atoms with Crippen LogP contribution in [0, 0.1) is 0 Å². The van der Waals surface area contributed by atoms with Crippen molar-refractivity contribution in [1.29, 1.82) is 0 Å². The fourth-order valence-electron chi connectivity index (χ4n) is 2.23. The number of guanidine groups is 2. The van der Waals surface area contributed by atoms with Crippen molar-refractivity contribution in [3.8, 4) is 22.8 Å². The van der Waals surface area contributed by atoms with Gasteiger partial charge in [0.05, 0.1) is 12.4 Å². The molecule has 0 spiro atoms. The Morgan fingerprint density at radius 3 is 1.89 bits per heavy atom. The standard InChI is InChI=1S/C18H18N8O2/c19-17(20)25-23-9-11-1-3-12(4-2-11)14-7-8-16(28-14)15-6-5-13(27-15)10-24-26-18(21)22/h1-10H,(H4,19,20,25)(H4,21,22,26)/b23-9+,24-10+. The van der Waals surface area contributed by atoms with E-state index in [1.165, 1.54) is 6.21 Å². The maximum absolute atomic E-state index is 5.87. The minimum atomic E-state index is -0.132. The lowest BCUT2D eigenvalue weighted by atomic mass is 10.1. The minimum Gasteiger partial charge on any atom is -0.453 e. The molecular weight excluding hydrogens is 360 g/mol. The van der Waals surface area contributed by atoms with Crippen LogP contribution in [0.5, 0.6) is 0 Å². The Morgan fingerprint density at radius 2 is 1.21 bits per heavy atom. The molecule has 0 aliphatic carbocycles. The van der Waals surface area contributed by atoms with Gasteiger partial charge in [-0.25, -0.2) is 0 Å². The molecule has 2 aromatic heterocycles. The van der Waals surface area contributed by atoms with Crippen molar-refractivity contribution in [2.75, 3.05) is 0 Å². The van der Waals surface area contributed by atoms with Gasteiger partial charge in [0.2, 0.25) is 11.9 Å². The summed E-state index contributed by atoms with van der Waals surface area (Å²) in [5.74, 6) is 2.08. The number of nitrogens with two attached hydrogens (primary N) is 4. The summed E-state index contributed by atoms with van der Waals surface area (Å²) in [5, 5.41) is 14.5. The van der Waals surface area contributed by atoms with E-state index in [0.717, 1.165) is 11.1 Å². The highest BCUT2D eigenvalue weighted by atomic mass is 16.4. The summed E-state index contributed by atoms with van der Waals surface area (Å²) in [6.07, 6.45) is 2.95. The van der Waals surface area contributed by atoms with Gasteiger partial charge in [0.1, 0.15) is 11.5 Å². The van der Waals surface area contributed by atoms with Crippen LogP contribution in [0.15, 0.2) is 77.8 Å². The maximum Gasteiger partial charge on any atom is 0.211 e. The summed E-state index contributed by atoms with van der Waals surface area (Å²) in [7, 11) is 0. The first-order valence-electron chi connectivity index (χ1n) is 8.05. The van der Waals surface area contributed by atoms with Crippen LogP contribution >= 0.6 is 0 Å². The van der Waals surface area contributed by atoms with Gasteiger partial charge in [0.15, 0.2) is 11.5 Å². The van der Waals surface area contributed by atoms with Crippen LogP contribution < -0.4 is 22.9 Å². The first-order valence-corrected chi connectivity index (χ1v) is 8.05.